The van der Waals surface area contributed by atoms with Gasteiger partial charge in [0.1, 0.15) is 0 Å². The molecule has 0 aliphatic heterocycles. The topological polar surface area (TPSA) is 73.1 Å². The first-order valence-electron chi connectivity index (χ1n) is 5.73. The third kappa shape index (κ3) is 2.89. The summed E-state index contributed by atoms with van der Waals surface area (Å²) in [6.45, 7) is 1.85. The summed E-state index contributed by atoms with van der Waals surface area (Å²) in [6.07, 6.45) is 0.407. The number of methoxy groups -OCH3 is 1. The van der Waals surface area contributed by atoms with Gasteiger partial charge in [-0.1, -0.05) is 16.6 Å². The molecule has 0 bridgehead atoms. The van der Waals surface area contributed by atoms with Crippen LogP contribution in [0.25, 0.3) is 0 Å². The normalized spacial score (nSPS) is 12.4. The molecule has 0 radical (unpaired) electrons. The molecule has 19 heavy (non-hydrogen) atoms. The summed E-state index contributed by atoms with van der Waals surface area (Å²) < 4.78 is 22.9. The van der Waals surface area contributed by atoms with Crippen LogP contribution in [-0.4, -0.2) is 16.7 Å². The van der Waals surface area contributed by atoms with E-state index in [0.717, 1.165) is 10.6 Å². The minimum atomic E-state index is -0.361. The molecule has 0 aliphatic rings. The second-order valence-electron chi connectivity index (χ2n) is 4.08. The van der Waals surface area contributed by atoms with E-state index in [1.807, 2.05) is 6.92 Å². The van der Waals surface area contributed by atoms with Crippen LogP contribution in [0.3, 0.4) is 0 Å². The summed E-state index contributed by atoms with van der Waals surface area (Å²) in [7, 11) is 1.44. The molecule has 0 saturated carbocycles. The number of nitrogens with one attached hydrogen (secondary N) is 1. The average Bonchev–Trinajstić information content (AvgIpc) is 2.84. The maximum absolute atomic E-state index is 14.1. The van der Waals surface area contributed by atoms with Crippen molar-refractivity contribution in [3.05, 3.63) is 40.2 Å². The Morgan fingerprint density at radius 2 is 2.32 bits per heavy atom. The van der Waals surface area contributed by atoms with Gasteiger partial charge in [-0.05, 0) is 36.5 Å². The van der Waals surface area contributed by atoms with E-state index >= 15 is 0 Å². The fourth-order valence-electron chi connectivity index (χ4n) is 1.88. The maximum Gasteiger partial charge on any atom is 0.168 e. The van der Waals surface area contributed by atoms with Gasteiger partial charge >= 0.3 is 0 Å². The Hall–Kier alpha value is -1.57. The third-order valence-electron chi connectivity index (χ3n) is 2.89. The summed E-state index contributed by atoms with van der Waals surface area (Å²) in [5.41, 5.74) is 4.02. The zero-order valence-electron chi connectivity index (χ0n) is 10.7. The van der Waals surface area contributed by atoms with E-state index < -0.39 is 0 Å². The van der Waals surface area contributed by atoms with Gasteiger partial charge in [-0.25, -0.2) is 4.39 Å². The van der Waals surface area contributed by atoms with Gasteiger partial charge in [-0.3, -0.25) is 11.3 Å². The van der Waals surface area contributed by atoms with Crippen LogP contribution < -0.4 is 16.0 Å². The van der Waals surface area contributed by atoms with Crippen molar-refractivity contribution >= 4 is 11.5 Å². The van der Waals surface area contributed by atoms with Gasteiger partial charge in [0, 0.05) is 0 Å². The standard InChI is InChI=1S/C12H15FN4OS/c1-7-12(19-17-16-7)9(15-14)6-8-4-3-5-10(18-2)11(8)13/h3-5,9,15H,6,14H2,1-2H3. The zero-order chi connectivity index (χ0) is 13.8. The number of halogens is 1. The lowest BCUT2D eigenvalue weighted by Gasteiger charge is -2.15. The van der Waals surface area contributed by atoms with Crippen LogP contribution in [0.5, 0.6) is 5.75 Å². The maximum atomic E-state index is 14.1. The van der Waals surface area contributed by atoms with E-state index in [-0.39, 0.29) is 17.6 Å². The van der Waals surface area contributed by atoms with Crippen molar-refractivity contribution in [1.29, 1.82) is 0 Å². The fraction of sp³-hybridized carbons (Fsp3) is 0.333. The van der Waals surface area contributed by atoms with Crippen LogP contribution in [0.1, 0.15) is 22.2 Å². The fourth-order valence-corrected chi connectivity index (χ4v) is 2.58. The Bertz CT molecular complexity index is 560. The second kappa shape index (κ2) is 6.05. The minimum absolute atomic E-state index is 0.221. The number of benzene rings is 1. The van der Waals surface area contributed by atoms with E-state index in [0.29, 0.717) is 12.0 Å². The third-order valence-corrected chi connectivity index (χ3v) is 3.83. The highest BCUT2D eigenvalue weighted by Gasteiger charge is 2.19. The van der Waals surface area contributed by atoms with Crippen LogP contribution in [0.4, 0.5) is 4.39 Å². The van der Waals surface area contributed by atoms with Gasteiger partial charge in [-0.15, -0.1) is 5.10 Å². The van der Waals surface area contributed by atoms with Crippen LogP contribution in [-0.2, 0) is 6.42 Å². The van der Waals surface area contributed by atoms with Gasteiger partial charge < -0.3 is 4.74 Å². The van der Waals surface area contributed by atoms with Crippen LogP contribution >= 0.6 is 11.5 Å². The molecule has 1 aromatic carbocycles. The number of hydrazine groups is 1. The number of aryl methyl sites for hydroxylation is 1. The molecule has 0 aliphatic carbocycles. The van der Waals surface area contributed by atoms with Gasteiger partial charge in [0.05, 0.1) is 23.7 Å². The molecular formula is C12H15FN4OS. The molecule has 102 valence electrons. The van der Waals surface area contributed by atoms with Crippen molar-refractivity contribution in [2.45, 2.75) is 19.4 Å². The summed E-state index contributed by atoms with van der Waals surface area (Å²) in [6, 6.07) is 4.83. The largest absolute Gasteiger partial charge is 0.494 e. The molecule has 1 atom stereocenters. The van der Waals surface area contributed by atoms with Crippen molar-refractivity contribution in [3.63, 3.8) is 0 Å². The number of nitrogens with zero attached hydrogens (tertiary/aromatic N) is 2. The number of ether oxygens (including phenoxy) is 1. The Kier molecular flexibility index (Phi) is 4.41. The lowest BCUT2D eigenvalue weighted by atomic mass is 10.0. The lowest BCUT2D eigenvalue weighted by molar-refractivity contribution is 0.382. The van der Waals surface area contributed by atoms with Crippen LogP contribution in [0.2, 0.25) is 0 Å². The molecule has 0 amide bonds. The van der Waals surface area contributed by atoms with E-state index in [9.17, 15) is 4.39 Å². The van der Waals surface area contributed by atoms with Gasteiger partial charge in [-0.2, -0.15) is 0 Å². The molecule has 0 spiro atoms. The van der Waals surface area contributed by atoms with Crippen LogP contribution in [0.15, 0.2) is 18.2 Å². The van der Waals surface area contributed by atoms with Crippen molar-refractivity contribution < 1.29 is 9.13 Å². The summed E-state index contributed by atoms with van der Waals surface area (Å²) in [5.74, 6) is 5.42. The van der Waals surface area contributed by atoms with E-state index in [4.69, 9.17) is 10.6 Å². The first-order valence-corrected chi connectivity index (χ1v) is 6.51. The molecule has 1 unspecified atom stereocenters. The van der Waals surface area contributed by atoms with Crippen molar-refractivity contribution in [1.82, 2.24) is 15.0 Å². The smallest absolute Gasteiger partial charge is 0.168 e. The second-order valence-corrected chi connectivity index (χ2v) is 4.87. The summed E-state index contributed by atoms with van der Waals surface area (Å²) in [4.78, 5) is 0.907. The number of rotatable bonds is 5. The number of hydrogen-bond acceptors (Lipinski definition) is 6. The molecular weight excluding hydrogens is 267 g/mol. The van der Waals surface area contributed by atoms with E-state index in [1.54, 1.807) is 18.2 Å². The number of aromatic nitrogens is 2. The van der Waals surface area contributed by atoms with Crippen molar-refractivity contribution in [3.8, 4) is 5.75 Å². The molecule has 0 saturated heterocycles. The Balaban J connectivity index is 2.27. The van der Waals surface area contributed by atoms with E-state index in [2.05, 4.69) is 15.0 Å². The SMILES string of the molecule is COc1cccc(CC(NN)c2snnc2C)c1F. The number of hydrogen-bond donors (Lipinski definition) is 2. The molecule has 7 heteroatoms. The van der Waals surface area contributed by atoms with Crippen LogP contribution in [0, 0.1) is 12.7 Å². The molecule has 2 rings (SSSR count). The number of nitrogens with two attached hydrogens (primary N) is 1. The Labute approximate surface area is 114 Å². The van der Waals surface area contributed by atoms with Crippen molar-refractivity contribution in [2.75, 3.05) is 7.11 Å². The predicted octanol–water partition coefficient (Wildman–Crippen LogP) is 1.74. The highest BCUT2D eigenvalue weighted by atomic mass is 32.1. The highest BCUT2D eigenvalue weighted by Crippen LogP contribution is 2.27. The quantitative estimate of drug-likeness (QED) is 0.645. The Morgan fingerprint density at radius 1 is 1.53 bits per heavy atom. The summed E-state index contributed by atoms with van der Waals surface area (Å²) >= 11 is 1.26. The molecule has 5 nitrogen and oxygen atoms in total. The molecule has 2 aromatic rings. The molecule has 1 heterocycles. The van der Waals surface area contributed by atoms with Gasteiger partial charge in [0.25, 0.3) is 0 Å². The first-order chi connectivity index (χ1) is 9.17. The monoisotopic (exact) mass is 282 g/mol. The predicted molar refractivity (Wildman–Crippen MR) is 71.4 cm³/mol. The Morgan fingerprint density at radius 3 is 2.89 bits per heavy atom. The molecule has 3 N–H and O–H groups in total. The molecule has 0 fully saturated rings. The van der Waals surface area contributed by atoms with E-state index in [1.165, 1.54) is 18.6 Å². The van der Waals surface area contributed by atoms with Gasteiger partial charge in [0.15, 0.2) is 11.6 Å². The van der Waals surface area contributed by atoms with Crippen molar-refractivity contribution in [2.24, 2.45) is 5.84 Å². The minimum Gasteiger partial charge on any atom is -0.494 e. The highest BCUT2D eigenvalue weighted by molar-refractivity contribution is 7.05. The first kappa shape index (κ1) is 13.9. The average molecular weight is 282 g/mol. The van der Waals surface area contributed by atoms with Gasteiger partial charge in [0.2, 0.25) is 0 Å². The summed E-state index contributed by atoms with van der Waals surface area (Å²) in [5, 5.41) is 3.94. The zero-order valence-corrected chi connectivity index (χ0v) is 11.5. The molecule has 1 aromatic heterocycles. The lowest BCUT2D eigenvalue weighted by Crippen LogP contribution is -2.29.